The Balaban J connectivity index is 1.89. The summed E-state index contributed by atoms with van der Waals surface area (Å²) in [6.07, 6.45) is 0.572. The Morgan fingerprint density at radius 2 is 1.71 bits per heavy atom. The van der Waals surface area contributed by atoms with Gasteiger partial charge in [-0.3, -0.25) is 0 Å². The van der Waals surface area contributed by atoms with Gasteiger partial charge in [-0.25, -0.2) is 4.39 Å². The van der Waals surface area contributed by atoms with Crippen LogP contribution in [0.1, 0.15) is 17.2 Å². The van der Waals surface area contributed by atoms with Crippen LogP contribution in [0.25, 0.3) is 10.8 Å². The summed E-state index contributed by atoms with van der Waals surface area (Å²) in [6.45, 7) is 0. The molecule has 0 aliphatic carbocycles. The van der Waals surface area contributed by atoms with Crippen LogP contribution in [0.2, 0.25) is 5.02 Å². The molecule has 2 N–H and O–H groups in total. The number of hydrogen-bond acceptors (Lipinski definition) is 1. The van der Waals surface area contributed by atoms with Crippen LogP contribution >= 0.6 is 11.6 Å². The standard InChI is InChI=1S/C18H15ClFN/c19-16-7-3-6-15(18(16)20)17(21)11-12-8-9-13-4-1-2-5-14(13)10-12/h1-10,17H,11,21H2. The van der Waals surface area contributed by atoms with E-state index in [0.29, 0.717) is 12.0 Å². The predicted molar refractivity (Wildman–Crippen MR) is 86.0 cm³/mol. The van der Waals surface area contributed by atoms with Crippen LogP contribution in [-0.4, -0.2) is 0 Å². The molecule has 1 nitrogen and oxygen atoms in total. The molecule has 3 aromatic carbocycles. The molecule has 3 rings (SSSR count). The molecule has 0 spiro atoms. The van der Waals surface area contributed by atoms with E-state index >= 15 is 0 Å². The molecular formula is C18H15ClFN. The maximum atomic E-state index is 14.0. The molecule has 106 valence electrons. The minimum atomic E-state index is -0.424. The van der Waals surface area contributed by atoms with Crippen LogP contribution in [0.15, 0.2) is 60.7 Å². The quantitative estimate of drug-likeness (QED) is 0.733. The van der Waals surface area contributed by atoms with E-state index in [1.165, 1.54) is 11.5 Å². The fourth-order valence-electron chi connectivity index (χ4n) is 2.54. The first-order chi connectivity index (χ1) is 10.1. The number of benzene rings is 3. The Labute approximate surface area is 128 Å². The van der Waals surface area contributed by atoms with E-state index in [1.807, 2.05) is 18.2 Å². The summed E-state index contributed by atoms with van der Waals surface area (Å²) >= 11 is 5.81. The van der Waals surface area contributed by atoms with E-state index in [2.05, 4.69) is 24.3 Å². The minimum Gasteiger partial charge on any atom is -0.324 e. The van der Waals surface area contributed by atoms with Gasteiger partial charge in [0.05, 0.1) is 5.02 Å². The second-order valence-corrected chi connectivity index (χ2v) is 5.54. The summed E-state index contributed by atoms with van der Waals surface area (Å²) in [6, 6.07) is 18.9. The van der Waals surface area contributed by atoms with E-state index in [-0.39, 0.29) is 5.02 Å². The van der Waals surface area contributed by atoms with Gasteiger partial charge in [-0.05, 0) is 28.8 Å². The summed E-state index contributed by atoms with van der Waals surface area (Å²) in [4.78, 5) is 0. The van der Waals surface area contributed by atoms with Crippen molar-refractivity contribution in [1.82, 2.24) is 0 Å². The molecule has 0 saturated heterocycles. The maximum Gasteiger partial charge on any atom is 0.146 e. The lowest BCUT2D eigenvalue weighted by Gasteiger charge is -2.14. The SMILES string of the molecule is NC(Cc1ccc2ccccc2c1)c1cccc(Cl)c1F. The first kappa shape index (κ1) is 14.1. The lowest BCUT2D eigenvalue weighted by atomic mass is 9.97. The van der Waals surface area contributed by atoms with Crippen molar-refractivity contribution in [3.63, 3.8) is 0 Å². The zero-order valence-electron chi connectivity index (χ0n) is 11.4. The fourth-order valence-corrected chi connectivity index (χ4v) is 2.72. The van der Waals surface area contributed by atoms with Gasteiger partial charge in [0.25, 0.3) is 0 Å². The topological polar surface area (TPSA) is 26.0 Å². The lowest BCUT2D eigenvalue weighted by Crippen LogP contribution is -2.15. The lowest BCUT2D eigenvalue weighted by molar-refractivity contribution is 0.581. The van der Waals surface area contributed by atoms with Gasteiger partial charge >= 0.3 is 0 Å². The van der Waals surface area contributed by atoms with Crippen LogP contribution in [0.5, 0.6) is 0 Å². The summed E-state index contributed by atoms with van der Waals surface area (Å²) in [5.74, 6) is -0.424. The molecule has 0 amide bonds. The molecule has 0 saturated carbocycles. The van der Waals surface area contributed by atoms with Crippen molar-refractivity contribution in [2.45, 2.75) is 12.5 Å². The van der Waals surface area contributed by atoms with Crippen LogP contribution in [0.4, 0.5) is 4.39 Å². The van der Waals surface area contributed by atoms with E-state index in [9.17, 15) is 4.39 Å². The number of hydrogen-bond donors (Lipinski definition) is 1. The summed E-state index contributed by atoms with van der Waals surface area (Å²) in [5.41, 5.74) is 7.68. The van der Waals surface area contributed by atoms with Crippen molar-refractivity contribution in [3.05, 3.63) is 82.6 Å². The smallest absolute Gasteiger partial charge is 0.146 e. The molecule has 3 heteroatoms. The highest BCUT2D eigenvalue weighted by atomic mass is 35.5. The number of fused-ring (bicyclic) bond motifs is 1. The number of rotatable bonds is 3. The van der Waals surface area contributed by atoms with Crippen molar-refractivity contribution < 1.29 is 4.39 Å². The average molecular weight is 300 g/mol. The third kappa shape index (κ3) is 2.92. The molecule has 21 heavy (non-hydrogen) atoms. The van der Waals surface area contributed by atoms with Crippen molar-refractivity contribution in [3.8, 4) is 0 Å². The predicted octanol–water partition coefficient (Wildman–Crippen LogP) is 4.87. The second kappa shape index (κ2) is 5.84. The molecule has 3 aromatic rings. The van der Waals surface area contributed by atoms with Gasteiger partial charge in [-0.15, -0.1) is 0 Å². The van der Waals surface area contributed by atoms with Gasteiger partial charge < -0.3 is 5.73 Å². The number of nitrogens with two attached hydrogens (primary N) is 1. The highest BCUT2D eigenvalue weighted by Crippen LogP contribution is 2.25. The minimum absolute atomic E-state index is 0.112. The third-order valence-electron chi connectivity index (χ3n) is 3.65. The van der Waals surface area contributed by atoms with Gasteiger partial charge in [0, 0.05) is 11.6 Å². The molecule has 0 fully saturated rings. The zero-order valence-corrected chi connectivity index (χ0v) is 12.1. The molecule has 0 aromatic heterocycles. The van der Waals surface area contributed by atoms with E-state index < -0.39 is 11.9 Å². The number of halogens is 2. The molecule has 0 radical (unpaired) electrons. The van der Waals surface area contributed by atoms with Gasteiger partial charge in [0.2, 0.25) is 0 Å². The van der Waals surface area contributed by atoms with Crippen LogP contribution in [-0.2, 0) is 6.42 Å². The average Bonchev–Trinajstić information content (AvgIpc) is 2.50. The first-order valence-corrected chi connectivity index (χ1v) is 7.20. The van der Waals surface area contributed by atoms with E-state index in [0.717, 1.165) is 10.9 Å². The summed E-state index contributed by atoms with van der Waals surface area (Å²) < 4.78 is 14.0. The molecule has 0 heterocycles. The maximum absolute atomic E-state index is 14.0. The molecule has 1 atom stereocenters. The van der Waals surface area contributed by atoms with Crippen molar-refractivity contribution in [1.29, 1.82) is 0 Å². The van der Waals surface area contributed by atoms with Gasteiger partial charge in [0.1, 0.15) is 5.82 Å². The third-order valence-corrected chi connectivity index (χ3v) is 3.94. The molecule has 0 aliphatic rings. The van der Waals surface area contributed by atoms with E-state index in [1.54, 1.807) is 12.1 Å². The Morgan fingerprint density at radius 3 is 2.52 bits per heavy atom. The van der Waals surface area contributed by atoms with Gasteiger partial charge in [-0.1, -0.05) is 66.2 Å². The summed E-state index contributed by atoms with van der Waals surface area (Å²) in [7, 11) is 0. The Kier molecular flexibility index (Phi) is 3.91. The Morgan fingerprint density at radius 1 is 0.952 bits per heavy atom. The molecule has 0 aliphatic heterocycles. The Hall–Kier alpha value is -1.90. The largest absolute Gasteiger partial charge is 0.324 e. The van der Waals surface area contributed by atoms with Gasteiger partial charge in [-0.2, -0.15) is 0 Å². The van der Waals surface area contributed by atoms with Gasteiger partial charge in [0.15, 0.2) is 0 Å². The van der Waals surface area contributed by atoms with E-state index in [4.69, 9.17) is 17.3 Å². The molecule has 0 bridgehead atoms. The molecular weight excluding hydrogens is 285 g/mol. The van der Waals surface area contributed by atoms with Crippen molar-refractivity contribution in [2.24, 2.45) is 5.73 Å². The Bertz CT molecular complexity index is 785. The van der Waals surface area contributed by atoms with Crippen molar-refractivity contribution >= 4 is 22.4 Å². The normalized spacial score (nSPS) is 12.5. The fraction of sp³-hybridized carbons (Fsp3) is 0.111. The molecule has 1 unspecified atom stereocenters. The van der Waals surface area contributed by atoms with Crippen LogP contribution in [0, 0.1) is 5.82 Å². The first-order valence-electron chi connectivity index (χ1n) is 6.82. The zero-order chi connectivity index (χ0) is 14.8. The second-order valence-electron chi connectivity index (χ2n) is 5.14. The van der Waals surface area contributed by atoms with Crippen molar-refractivity contribution in [2.75, 3.05) is 0 Å². The van der Waals surface area contributed by atoms with Crippen LogP contribution < -0.4 is 5.73 Å². The summed E-state index contributed by atoms with van der Waals surface area (Å²) in [5, 5.41) is 2.46. The monoisotopic (exact) mass is 299 g/mol. The van der Waals surface area contributed by atoms with Crippen LogP contribution in [0.3, 0.4) is 0 Å². The highest BCUT2D eigenvalue weighted by Gasteiger charge is 2.14. The highest BCUT2D eigenvalue weighted by molar-refractivity contribution is 6.30.